The summed E-state index contributed by atoms with van der Waals surface area (Å²) in [7, 11) is 0. The zero-order valence-corrected chi connectivity index (χ0v) is 16.0. The van der Waals surface area contributed by atoms with Crippen LogP contribution in [0.15, 0.2) is 71.7 Å². The molecule has 1 atom stereocenters. The van der Waals surface area contributed by atoms with Gasteiger partial charge in [-0.3, -0.25) is 0 Å². The van der Waals surface area contributed by atoms with Gasteiger partial charge >= 0.3 is 0 Å². The highest BCUT2D eigenvalue weighted by atomic mass is 16.1. The standard InChI is InChI=1S/C13H15NO.C10H9NO/c1-10(2)12-5-4-6-13(7-12)11(3)8-14-9-15;1-8(2)9-5-3-4-6-10(9)11-7-12/h4-7,11H,1,8H2,2-3H3;3-6H,1H2,2H3. The van der Waals surface area contributed by atoms with Crippen molar-refractivity contribution in [3.63, 3.8) is 0 Å². The zero-order chi connectivity index (χ0) is 20.2. The van der Waals surface area contributed by atoms with Gasteiger partial charge in [0.25, 0.3) is 0 Å². The first kappa shape index (κ1) is 21.7. The minimum Gasteiger partial charge on any atom is -0.211 e. The van der Waals surface area contributed by atoms with Gasteiger partial charge in [-0.1, -0.05) is 68.1 Å². The lowest BCUT2D eigenvalue weighted by Crippen LogP contribution is -1.98. The molecule has 0 aliphatic heterocycles. The number of hydrogen-bond acceptors (Lipinski definition) is 4. The lowest BCUT2D eigenvalue weighted by molar-refractivity contribution is 0.561. The minimum atomic E-state index is 0.241. The molecule has 0 aromatic heterocycles. The predicted octanol–water partition coefficient (Wildman–Crippen LogP) is 5.85. The van der Waals surface area contributed by atoms with Gasteiger partial charge in [-0.15, -0.1) is 0 Å². The summed E-state index contributed by atoms with van der Waals surface area (Å²) in [6.07, 6.45) is 3.08. The Morgan fingerprint density at radius 2 is 1.70 bits per heavy atom. The molecule has 0 bridgehead atoms. The van der Waals surface area contributed by atoms with Crippen LogP contribution in [-0.2, 0) is 9.59 Å². The summed E-state index contributed by atoms with van der Waals surface area (Å²) >= 11 is 0. The van der Waals surface area contributed by atoms with Gasteiger partial charge in [0.1, 0.15) is 0 Å². The largest absolute Gasteiger partial charge is 0.240 e. The molecule has 0 fully saturated rings. The minimum absolute atomic E-state index is 0.241. The number of rotatable bonds is 6. The van der Waals surface area contributed by atoms with E-state index in [1.807, 2.05) is 57.2 Å². The summed E-state index contributed by atoms with van der Waals surface area (Å²) in [6.45, 7) is 14.1. The van der Waals surface area contributed by atoms with Gasteiger partial charge in [0.05, 0.1) is 12.2 Å². The molecule has 0 aliphatic carbocycles. The van der Waals surface area contributed by atoms with Crippen molar-refractivity contribution in [3.05, 3.63) is 78.4 Å². The molecule has 27 heavy (non-hydrogen) atoms. The van der Waals surface area contributed by atoms with E-state index in [9.17, 15) is 9.59 Å². The van der Waals surface area contributed by atoms with Crippen LogP contribution in [0.5, 0.6) is 0 Å². The van der Waals surface area contributed by atoms with Crippen molar-refractivity contribution in [1.82, 2.24) is 0 Å². The highest BCUT2D eigenvalue weighted by Gasteiger charge is 2.05. The first-order valence-electron chi connectivity index (χ1n) is 8.53. The van der Waals surface area contributed by atoms with Crippen LogP contribution in [0, 0.1) is 0 Å². The summed E-state index contributed by atoms with van der Waals surface area (Å²) in [6, 6.07) is 15.5. The van der Waals surface area contributed by atoms with E-state index in [0.29, 0.717) is 12.2 Å². The Labute approximate surface area is 160 Å². The Bertz CT molecular complexity index is 881. The number of aliphatic imine (C=N–C) groups is 2. The molecule has 138 valence electrons. The fourth-order valence-corrected chi connectivity index (χ4v) is 2.37. The van der Waals surface area contributed by atoms with Gasteiger partial charge in [-0.05, 0) is 36.6 Å². The van der Waals surface area contributed by atoms with Crippen LogP contribution in [0.2, 0.25) is 0 Å². The molecule has 0 amide bonds. The van der Waals surface area contributed by atoms with Crippen molar-refractivity contribution in [2.45, 2.75) is 26.7 Å². The number of isocyanates is 2. The number of benzene rings is 2. The van der Waals surface area contributed by atoms with E-state index >= 15 is 0 Å². The van der Waals surface area contributed by atoms with Crippen molar-refractivity contribution in [3.8, 4) is 0 Å². The van der Waals surface area contributed by atoms with Gasteiger partial charge in [0.15, 0.2) is 0 Å². The van der Waals surface area contributed by atoms with Gasteiger partial charge in [-0.25, -0.2) is 14.6 Å². The first-order valence-corrected chi connectivity index (χ1v) is 8.53. The Kier molecular flexibility index (Phi) is 9.11. The Morgan fingerprint density at radius 3 is 2.30 bits per heavy atom. The Morgan fingerprint density at radius 1 is 1.00 bits per heavy atom. The van der Waals surface area contributed by atoms with Crippen LogP contribution < -0.4 is 0 Å². The average molecular weight is 360 g/mol. The van der Waals surface area contributed by atoms with E-state index in [2.05, 4.69) is 29.2 Å². The maximum Gasteiger partial charge on any atom is 0.240 e. The fraction of sp³-hybridized carbons (Fsp3) is 0.217. The molecule has 4 nitrogen and oxygen atoms in total. The summed E-state index contributed by atoms with van der Waals surface area (Å²) in [5.41, 5.74) is 5.76. The molecule has 2 aromatic rings. The maximum atomic E-state index is 10.0. The normalized spacial score (nSPS) is 10.3. The summed E-state index contributed by atoms with van der Waals surface area (Å²) in [5.74, 6) is 0.241. The van der Waals surface area contributed by atoms with Crippen molar-refractivity contribution in [2.75, 3.05) is 6.54 Å². The molecular formula is C23H24N2O2. The van der Waals surface area contributed by atoms with Gasteiger partial charge in [0.2, 0.25) is 12.2 Å². The SMILES string of the molecule is C=C(C)c1cccc(C(C)CN=C=O)c1.C=C(C)c1ccccc1N=C=O. The molecule has 0 N–H and O–H groups in total. The molecule has 2 aromatic carbocycles. The summed E-state index contributed by atoms with van der Waals surface area (Å²) < 4.78 is 0. The fourth-order valence-electron chi connectivity index (χ4n) is 2.37. The van der Waals surface area contributed by atoms with E-state index in [-0.39, 0.29) is 5.92 Å². The topological polar surface area (TPSA) is 58.9 Å². The number of hydrogen-bond donors (Lipinski definition) is 0. The lowest BCUT2D eigenvalue weighted by atomic mass is 9.97. The second-order valence-corrected chi connectivity index (χ2v) is 6.24. The molecule has 0 heterocycles. The van der Waals surface area contributed by atoms with Crippen LogP contribution in [0.4, 0.5) is 5.69 Å². The third-order valence-electron chi connectivity index (χ3n) is 3.91. The van der Waals surface area contributed by atoms with Crippen LogP contribution in [0.1, 0.15) is 43.4 Å². The number of para-hydroxylation sites is 1. The highest BCUT2D eigenvalue weighted by molar-refractivity contribution is 5.73. The second kappa shape index (κ2) is 11.3. The monoisotopic (exact) mass is 360 g/mol. The smallest absolute Gasteiger partial charge is 0.211 e. The van der Waals surface area contributed by atoms with Crippen LogP contribution >= 0.6 is 0 Å². The third kappa shape index (κ3) is 7.21. The van der Waals surface area contributed by atoms with Gasteiger partial charge in [0, 0.05) is 11.5 Å². The molecule has 1 unspecified atom stereocenters. The van der Waals surface area contributed by atoms with Crippen molar-refractivity contribution in [1.29, 1.82) is 0 Å². The molecule has 0 radical (unpaired) electrons. The summed E-state index contributed by atoms with van der Waals surface area (Å²) in [5, 5.41) is 0. The molecular weight excluding hydrogens is 336 g/mol. The Balaban J connectivity index is 0.000000277. The van der Waals surface area contributed by atoms with Gasteiger partial charge < -0.3 is 0 Å². The molecule has 4 heteroatoms. The zero-order valence-electron chi connectivity index (χ0n) is 16.0. The van der Waals surface area contributed by atoms with Crippen molar-refractivity contribution >= 4 is 29.0 Å². The molecule has 0 aliphatic rings. The molecule has 0 saturated carbocycles. The highest BCUT2D eigenvalue weighted by Crippen LogP contribution is 2.24. The predicted molar refractivity (Wildman–Crippen MR) is 111 cm³/mol. The van der Waals surface area contributed by atoms with E-state index in [1.54, 1.807) is 12.1 Å². The first-order chi connectivity index (χ1) is 12.9. The third-order valence-corrected chi connectivity index (χ3v) is 3.91. The lowest BCUT2D eigenvalue weighted by Gasteiger charge is -2.09. The van der Waals surface area contributed by atoms with Crippen molar-refractivity contribution < 1.29 is 9.59 Å². The number of nitrogens with zero attached hydrogens (tertiary/aromatic N) is 2. The Hall–Kier alpha value is -3.32. The maximum absolute atomic E-state index is 10.0. The molecule has 0 spiro atoms. The summed E-state index contributed by atoms with van der Waals surface area (Å²) in [4.78, 5) is 27.2. The second-order valence-electron chi connectivity index (χ2n) is 6.24. The van der Waals surface area contributed by atoms with Crippen LogP contribution in [0.25, 0.3) is 11.1 Å². The van der Waals surface area contributed by atoms with Crippen LogP contribution in [0.3, 0.4) is 0 Å². The quantitative estimate of drug-likeness (QED) is 0.479. The molecule has 2 rings (SSSR count). The average Bonchev–Trinajstić information content (AvgIpc) is 2.67. The van der Waals surface area contributed by atoms with Gasteiger partial charge in [-0.2, -0.15) is 4.99 Å². The van der Waals surface area contributed by atoms with E-state index < -0.39 is 0 Å². The van der Waals surface area contributed by atoms with Crippen molar-refractivity contribution in [2.24, 2.45) is 9.98 Å². The van der Waals surface area contributed by atoms with E-state index in [4.69, 9.17) is 0 Å². The van der Waals surface area contributed by atoms with Crippen LogP contribution in [-0.4, -0.2) is 18.7 Å². The number of carbonyl (C=O) groups excluding carboxylic acids is 2. The van der Waals surface area contributed by atoms with E-state index in [0.717, 1.165) is 22.3 Å². The van der Waals surface area contributed by atoms with E-state index in [1.165, 1.54) is 11.6 Å². The number of allylic oxidation sites excluding steroid dienone is 2. The molecule has 0 saturated heterocycles.